The van der Waals surface area contributed by atoms with E-state index >= 15 is 0 Å². The molecule has 39 heteroatoms. The van der Waals surface area contributed by atoms with Crippen molar-refractivity contribution in [3.8, 4) is 34.5 Å². The minimum Gasteiger partial charge on any atom is -0.497 e. The van der Waals surface area contributed by atoms with Crippen molar-refractivity contribution in [1.29, 1.82) is 0 Å². The molecule has 0 amide bonds. The highest BCUT2D eigenvalue weighted by atomic mass is 19.4. The molecule has 0 saturated carbocycles. The van der Waals surface area contributed by atoms with Gasteiger partial charge in [0.1, 0.15) is 23.0 Å². The number of alkyl halides is 30. The van der Waals surface area contributed by atoms with E-state index in [0.717, 1.165) is 18.2 Å². The molecule has 4 aromatic rings. The first-order valence-corrected chi connectivity index (χ1v) is 27.8. The summed E-state index contributed by atoms with van der Waals surface area (Å²) in [6.45, 7) is -0.132. The second-order valence-electron chi connectivity index (χ2n) is 21.1. The van der Waals surface area contributed by atoms with E-state index in [0.29, 0.717) is 5.75 Å². The van der Waals surface area contributed by atoms with Crippen LogP contribution in [0.5, 0.6) is 34.5 Å². The van der Waals surface area contributed by atoms with Gasteiger partial charge in [-0.15, -0.1) is 0 Å². The number of carbonyl (C=O) groups is 3. The highest BCUT2D eigenvalue weighted by molar-refractivity contribution is 5.94. The zero-order chi connectivity index (χ0) is 74.1. The highest BCUT2D eigenvalue weighted by Gasteiger charge is 2.94. The molecule has 0 bridgehead atoms. The summed E-state index contributed by atoms with van der Waals surface area (Å²) in [5.41, 5.74) is -0.279. The third-order valence-electron chi connectivity index (χ3n) is 14.1. The SMILES string of the molecule is COc1ccc(C(=O)Oc2cc(OC(=O)c3ccc(OCCCCCCCCC(F)(F)C(F)(F)C(F)(F)C(F)(F)C(F)(F)C(F)(F)C(F)(F)F)cc3)ccc2OC(=O)c2ccc(OCCCCCCCCC(F)(F)C(F)(F)C(F)(F)C(F)(F)C(F)(F)C(F)(F)C(F)(F)F)cc2)cc1. The molecule has 0 radical (unpaired) electrons. The highest BCUT2D eigenvalue weighted by Crippen LogP contribution is 2.65. The van der Waals surface area contributed by atoms with Gasteiger partial charge in [0.05, 0.1) is 37.0 Å². The molecule has 0 saturated heterocycles. The maximum atomic E-state index is 14.2. The zero-order valence-electron chi connectivity index (χ0n) is 49.0. The smallest absolute Gasteiger partial charge is 0.460 e. The lowest BCUT2D eigenvalue weighted by molar-refractivity contribution is -0.452. The molecule has 0 aliphatic carbocycles. The van der Waals surface area contributed by atoms with Crippen LogP contribution in [0.3, 0.4) is 0 Å². The van der Waals surface area contributed by atoms with Crippen LogP contribution in [0.2, 0.25) is 0 Å². The lowest BCUT2D eigenvalue weighted by Gasteiger charge is -2.41. The van der Waals surface area contributed by atoms with Crippen molar-refractivity contribution in [3.05, 3.63) is 108 Å². The van der Waals surface area contributed by atoms with Crippen molar-refractivity contribution in [2.24, 2.45) is 0 Å². The predicted molar refractivity (Wildman–Crippen MR) is 274 cm³/mol. The topological polar surface area (TPSA) is 107 Å². The fourth-order valence-corrected chi connectivity index (χ4v) is 8.31. The molecule has 4 aromatic carbocycles. The van der Waals surface area contributed by atoms with Gasteiger partial charge in [-0.2, -0.15) is 132 Å². The minimum atomic E-state index is -8.36. The quantitative estimate of drug-likeness (QED) is 0.0189. The molecule has 0 heterocycles. The van der Waals surface area contributed by atoms with Crippen LogP contribution >= 0.6 is 0 Å². The number of hydrogen-bond donors (Lipinski definition) is 0. The molecule has 0 fully saturated rings. The third kappa shape index (κ3) is 17.4. The van der Waals surface area contributed by atoms with Crippen molar-refractivity contribution in [3.63, 3.8) is 0 Å². The Morgan fingerprint density at radius 1 is 0.278 bits per heavy atom. The zero-order valence-corrected chi connectivity index (χ0v) is 49.0. The van der Waals surface area contributed by atoms with Gasteiger partial charge in [-0.05, 0) is 111 Å². The summed E-state index contributed by atoms with van der Waals surface area (Å²) >= 11 is 0. The van der Waals surface area contributed by atoms with Gasteiger partial charge in [0.25, 0.3) is 0 Å². The van der Waals surface area contributed by atoms with Crippen LogP contribution in [0.15, 0.2) is 91.0 Å². The molecule has 0 aromatic heterocycles. The van der Waals surface area contributed by atoms with E-state index in [1.54, 1.807) is 0 Å². The average Bonchev–Trinajstić information content (AvgIpc) is 0.710. The Hall–Kier alpha value is -7.41. The number of hydrogen-bond acceptors (Lipinski definition) is 9. The second kappa shape index (κ2) is 30.4. The van der Waals surface area contributed by atoms with Crippen molar-refractivity contribution in [2.75, 3.05) is 20.3 Å². The number of benzene rings is 4. The summed E-state index contributed by atoms with van der Waals surface area (Å²) in [5, 5.41) is 0. The van der Waals surface area contributed by atoms with Gasteiger partial charge in [0, 0.05) is 18.9 Å². The normalized spacial score (nSPS) is 13.9. The van der Waals surface area contributed by atoms with Gasteiger partial charge in [0.2, 0.25) is 0 Å². The van der Waals surface area contributed by atoms with Crippen LogP contribution in [0, 0.1) is 0 Å². The molecule has 97 heavy (non-hydrogen) atoms. The first-order chi connectivity index (χ1) is 44.2. The Kier molecular flexibility index (Phi) is 25.7. The van der Waals surface area contributed by atoms with E-state index in [-0.39, 0.29) is 98.5 Å². The Balaban J connectivity index is 1.26. The van der Waals surface area contributed by atoms with Crippen LogP contribution in [0.25, 0.3) is 0 Å². The van der Waals surface area contributed by atoms with Gasteiger partial charge >= 0.3 is 101 Å². The fraction of sp³-hybridized carbons (Fsp3) is 0.534. The molecule has 0 aliphatic heterocycles. The minimum absolute atomic E-state index is 0.0446. The first-order valence-electron chi connectivity index (χ1n) is 27.8. The monoisotopic (exact) mass is 1460 g/mol. The molecule has 9 nitrogen and oxygen atoms in total. The number of esters is 3. The molecule has 0 spiro atoms. The maximum Gasteiger partial charge on any atom is 0.460 e. The summed E-state index contributed by atoms with van der Waals surface area (Å²) in [6.07, 6.45) is -22.8. The Labute approximate surface area is 527 Å². The Morgan fingerprint density at radius 3 is 0.856 bits per heavy atom. The van der Waals surface area contributed by atoms with E-state index < -0.39 is 151 Å². The van der Waals surface area contributed by atoms with E-state index in [2.05, 4.69) is 0 Å². The summed E-state index contributed by atoms with van der Waals surface area (Å²) in [5.74, 6) is -97.2. The van der Waals surface area contributed by atoms with Gasteiger partial charge in [-0.25, -0.2) is 14.4 Å². The number of halogens is 30. The predicted octanol–water partition coefficient (Wildman–Crippen LogP) is 20.3. The summed E-state index contributed by atoms with van der Waals surface area (Å²) in [7, 11) is 1.34. The number of unbranched alkanes of at least 4 members (excludes halogenated alkanes) is 10. The van der Waals surface area contributed by atoms with Crippen LogP contribution in [-0.2, 0) is 0 Å². The summed E-state index contributed by atoms with van der Waals surface area (Å²) < 4.78 is 436. The Morgan fingerprint density at radius 2 is 0.536 bits per heavy atom. The van der Waals surface area contributed by atoms with Gasteiger partial charge in [-0.3, -0.25) is 0 Å². The summed E-state index contributed by atoms with van der Waals surface area (Å²) in [6, 6.07) is 18.7. The number of rotatable bonds is 37. The maximum absolute atomic E-state index is 14.2. The van der Waals surface area contributed by atoms with Crippen molar-refractivity contribution >= 4 is 17.9 Å². The van der Waals surface area contributed by atoms with E-state index in [4.69, 9.17) is 28.4 Å². The van der Waals surface area contributed by atoms with Crippen molar-refractivity contribution in [2.45, 2.75) is 173 Å². The number of methoxy groups -OCH3 is 1. The lowest BCUT2D eigenvalue weighted by Crippen LogP contribution is -2.72. The third-order valence-corrected chi connectivity index (χ3v) is 14.1. The number of ether oxygens (including phenoxy) is 6. The molecule has 0 unspecified atom stereocenters. The van der Waals surface area contributed by atoms with Crippen LogP contribution in [0.1, 0.15) is 121 Å². The van der Waals surface area contributed by atoms with Gasteiger partial charge in [0.15, 0.2) is 11.5 Å². The fourth-order valence-electron chi connectivity index (χ4n) is 8.31. The molecule has 0 aliphatic rings. The molecular formula is C58H50F30O9. The first kappa shape index (κ1) is 82.0. The largest absolute Gasteiger partial charge is 0.497 e. The molecule has 0 N–H and O–H groups in total. The van der Waals surface area contributed by atoms with E-state index in [1.165, 1.54) is 79.9 Å². The summed E-state index contributed by atoms with van der Waals surface area (Å²) in [4.78, 5) is 39.7. The molecule has 4 rings (SSSR count). The van der Waals surface area contributed by atoms with Crippen molar-refractivity contribution < 1.29 is 175 Å². The molecular weight excluding hydrogens is 1410 g/mol. The van der Waals surface area contributed by atoms with Crippen LogP contribution in [0.4, 0.5) is 132 Å². The average molecular weight is 1460 g/mol. The molecule has 0 atom stereocenters. The van der Waals surface area contributed by atoms with Crippen molar-refractivity contribution in [1.82, 2.24) is 0 Å². The van der Waals surface area contributed by atoms with Crippen LogP contribution < -0.4 is 28.4 Å². The lowest BCUT2D eigenvalue weighted by atomic mass is 9.89. The van der Waals surface area contributed by atoms with E-state index in [1.807, 2.05) is 0 Å². The number of carbonyl (C=O) groups excluding carboxylic acids is 3. The van der Waals surface area contributed by atoms with Gasteiger partial charge in [-0.1, -0.05) is 51.4 Å². The van der Waals surface area contributed by atoms with Gasteiger partial charge < -0.3 is 28.4 Å². The Bertz CT molecular complexity index is 3240. The standard InChI is InChI=1S/C58H50F30O9/c1-92-36-20-14-34(15-21-36)44(91)97-41-32-39(95-42(89)33-16-22-37(23-17-33)93-30-12-8-4-2-6-10-28-45(59,60)47(63,64)49(67,68)51(71,72)53(75,76)55(79,80)57(83,84)85)26-27-40(41)96-43(90)35-18-24-38(25-19-35)94-31-13-9-5-3-7-11-29-46(61,62)48(65,66)50(69,70)52(73,74)54(77,78)56(81,82)58(86,87)88/h14-27,32H,2-13,28-31H2,1H3. The van der Waals surface area contributed by atoms with Crippen LogP contribution in [-0.4, -0.2) is 122 Å². The second-order valence-corrected chi connectivity index (χ2v) is 21.1. The van der Waals surface area contributed by atoms with E-state index in [9.17, 15) is 146 Å². The molecule has 546 valence electrons.